The van der Waals surface area contributed by atoms with E-state index in [9.17, 15) is 9.59 Å². The van der Waals surface area contributed by atoms with Crippen LogP contribution in [0.1, 0.15) is 26.2 Å². The number of hydrogen-bond acceptors (Lipinski definition) is 4. The Hall–Kier alpha value is -2.39. The van der Waals surface area contributed by atoms with E-state index in [-0.39, 0.29) is 17.7 Å². The van der Waals surface area contributed by atoms with Crippen molar-refractivity contribution in [1.29, 1.82) is 5.26 Å². The number of anilines is 2. The van der Waals surface area contributed by atoms with Crippen molar-refractivity contribution in [2.24, 2.45) is 5.92 Å². The van der Waals surface area contributed by atoms with Crippen molar-refractivity contribution < 1.29 is 9.59 Å². The maximum atomic E-state index is 12.4. The Morgan fingerprint density at radius 2 is 1.91 bits per heavy atom. The van der Waals surface area contributed by atoms with E-state index in [1.54, 1.807) is 18.2 Å². The number of hydrogen-bond donors (Lipinski definition) is 2. The van der Waals surface area contributed by atoms with Gasteiger partial charge >= 0.3 is 0 Å². The van der Waals surface area contributed by atoms with Gasteiger partial charge in [-0.3, -0.25) is 9.59 Å². The number of likely N-dealkylation sites (tertiary alicyclic amines) is 1. The van der Waals surface area contributed by atoms with Crippen LogP contribution in [-0.4, -0.2) is 36.3 Å². The molecule has 0 aliphatic carbocycles. The lowest BCUT2D eigenvalue weighted by molar-refractivity contribution is -0.121. The van der Waals surface area contributed by atoms with Crippen LogP contribution in [0.3, 0.4) is 0 Å². The second-order valence-corrected chi connectivity index (χ2v) is 5.78. The van der Waals surface area contributed by atoms with Gasteiger partial charge in [0.25, 0.3) is 0 Å². The largest absolute Gasteiger partial charge is 0.326 e. The molecule has 1 fully saturated rings. The number of nitrogens with one attached hydrogen (secondary N) is 2. The third kappa shape index (κ3) is 5.38. The Kier molecular flexibility index (Phi) is 6.12. The Morgan fingerprint density at radius 1 is 1.26 bits per heavy atom. The van der Waals surface area contributed by atoms with Gasteiger partial charge in [0.05, 0.1) is 6.07 Å². The van der Waals surface area contributed by atoms with Gasteiger partial charge in [-0.2, -0.15) is 5.26 Å². The lowest BCUT2D eigenvalue weighted by Gasteiger charge is -2.30. The molecule has 1 aliphatic rings. The summed E-state index contributed by atoms with van der Waals surface area (Å²) in [5.41, 5.74) is 1.36. The van der Waals surface area contributed by atoms with Crippen molar-refractivity contribution in [3.63, 3.8) is 0 Å². The van der Waals surface area contributed by atoms with E-state index in [0.29, 0.717) is 17.8 Å². The average Bonchev–Trinajstić information content (AvgIpc) is 2.53. The number of piperidine rings is 1. The fourth-order valence-electron chi connectivity index (χ4n) is 2.75. The van der Waals surface area contributed by atoms with Crippen LogP contribution in [0, 0.1) is 17.2 Å². The molecule has 23 heavy (non-hydrogen) atoms. The summed E-state index contributed by atoms with van der Waals surface area (Å²) >= 11 is 0. The second kappa shape index (κ2) is 8.30. The molecule has 1 aromatic rings. The second-order valence-electron chi connectivity index (χ2n) is 5.78. The molecule has 0 spiro atoms. The standard InChI is InChI=1S/C17H22N4O2/c1-13(22)19-15-4-2-5-16(12-15)20-17(23)14-6-10-21(11-7-14)9-3-8-18/h2,4-5,12,14H,3,6-7,9-11H2,1H3,(H,19,22)(H,20,23). The molecule has 0 bridgehead atoms. The molecule has 0 radical (unpaired) electrons. The lowest BCUT2D eigenvalue weighted by Crippen LogP contribution is -2.38. The lowest BCUT2D eigenvalue weighted by atomic mass is 9.95. The van der Waals surface area contributed by atoms with Crippen LogP contribution in [-0.2, 0) is 9.59 Å². The minimum Gasteiger partial charge on any atom is -0.326 e. The van der Waals surface area contributed by atoms with Gasteiger partial charge < -0.3 is 15.5 Å². The van der Waals surface area contributed by atoms with Crippen molar-refractivity contribution in [3.8, 4) is 6.07 Å². The van der Waals surface area contributed by atoms with Crippen LogP contribution < -0.4 is 10.6 Å². The third-order valence-electron chi connectivity index (χ3n) is 3.95. The van der Waals surface area contributed by atoms with E-state index >= 15 is 0 Å². The molecule has 0 unspecified atom stereocenters. The maximum Gasteiger partial charge on any atom is 0.227 e. The van der Waals surface area contributed by atoms with Gasteiger partial charge in [-0.15, -0.1) is 0 Å². The number of rotatable bonds is 5. The normalized spacial score (nSPS) is 15.7. The highest BCUT2D eigenvalue weighted by atomic mass is 16.2. The van der Waals surface area contributed by atoms with Gasteiger partial charge in [0.15, 0.2) is 0 Å². The fraction of sp³-hybridized carbons (Fsp3) is 0.471. The van der Waals surface area contributed by atoms with Crippen LogP contribution in [0.15, 0.2) is 24.3 Å². The quantitative estimate of drug-likeness (QED) is 0.872. The van der Waals surface area contributed by atoms with Gasteiger partial charge in [0.2, 0.25) is 11.8 Å². The average molecular weight is 314 g/mol. The SMILES string of the molecule is CC(=O)Nc1cccc(NC(=O)C2CCN(CCC#N)CC2)c1. The number of carbonyl (C=O) groups excluding carboxylic acids is 2. The monoisotopic (exact) mass is 314 g/mol. The van der Waals surface area contributed by atoms with E-state index in [1.165, 1.54) is 6.92 Å². The van der Waals surface area contributed by atoms with Gasteiger partial charge in [0.1, 0.15) is 0 Å². The van der Waals surface area contributed by atoms with Crippen molar-refractivity contribution >= 4 is 23.2 Å². The minimum absolute atomic E-state index is 0.00208. The molecule has 2 N–H and O–H groups in total. The van der Waals surface area contributed by atoms with Crippen molar-refractivity contribution in [2.75, 3.05) is 30.3 Å². The van der Waals surface area contributed by atoms with E-state index < -0.39 is 0 Å². The van der Waals surface area contributed by atoms with E-state index in [0.717, 1.165) is 32.5 Å². The summed E-state index contributed by atoms with van der Waals surface area (Å²) in [4.78, 5) is 25.7. The highest BCUT2D eigenvalue weighted by molar-refractivity contribution is 5.94. The molecule has 1 heterocycles. The smallest absolute Gasteiger partial charge is 0.227 e. The highest BCUT2D eigenvalue weighted by Gasteiger charge is 2.24. The van der Waals surface area contributed by atoms with Crippen LogP contribution in [0.25, 0.3) is 0 Å². The molecular weight excluding hydrogens is 292 g/mol. The van der Waals surface area contributed by atoms with Crippen molar-refractivity contribution in [1.82, 2.24) is 4.90 Å². The third-order valence-corrected chi connectivity index (χ3v) is 3.95. The Morgan fingerprint density at radius 3 is 2.52 bits per heavy atom. The molecule has 6 heteroatoms. The molecule has 2 rings (SSSR count). The summed E-state index contributed by atoms with van der Waals surface area (Å²) in [7, 11) is 0. The molecule has 122 valence electrons. The summed E-state index contributed by atoms with van der Waals surface area (Å²) in [5.74, 6) is -0.124. The molecule has 6 nitrogen and oxygen atoms in total. The predicted molar refractivity (Wildman–Crippen MR) is 88.8 cm³/mol. The topological polar surface area (TPSA) is 85.2 Å². The highest BCUT2D eigenvalue weighted by Crippen LogP contribution is 2.21. The van der Waals surface area contributed by atoms with Gasteiger partial charge in [0, 0.05) is 37.2 Å². The van der Waals surface area contributed by atoms with Gasteiger partial charge in [-0.05, 0) is 44.1 Å². The molecule has 2 amide bonds. The van der Waals surface area contributed by atoms with E-state index in [2.05, 4.69) is 21.6 Å². The zero-order valence-electron chi connectivity index (χ0n) is 13.3. The molecule has 1 aromatic carbocycles. The number of nitriles is 1. The molecular formula is C17H22N4O2. The Balaban J connectivity index is 1.85. The first-order chi connectivity index (χ1) is 11.1. The van der Waals surface area contributed by atoms with E-state index in [4.69, 9.17) is 5.26 Å². The van der Waals surface area contributed by atoms with Crippen molar-refractivity contribution in [2.45, 2.75) is 26.2 Å². The molecule has 1 saturated heterocycles. The fourth-order valence-corrected chi connectivity index (χ4v) is 2.75. The van der Waals surface area contributed by atoms with Crippen LogP contribution >= 0.6 is 0 Å². The minimum atomic E-state index is -0.141. The van der Waals surface area contributed by atoms with Crippen LogP contribution in [0.2, 0.25) is 0 Å². The number of benzene rings is 1. The first kappa shape index (κ1) is 17.0. The summed E-state index contributed by atoms with van der Waals surface area (Å²) < 4.78 is 0. The molecule has 1 aliphatic heterocycles. The number of nitrogens with zero attached hydrogens (tertiary/aromatic N) is 2. The van der Waals surface area contributed by atoms with Gasteiger partial charge in [-0.1, -0.05) is 6.07 Å². The Bertz CT molecular complexity index is 601. The number of amides is 2. The van der Waals surface area contributed by atoms with Crippen LogP contribution in [0.5, 0.6) is 0 Å². The summed E-state index contributed by atoms with van der Waals surface area (Å²) in [6.07, 6.45) is 2.15. The zero-order valence-corrected chi connectivity index (χ0v) is 13.3. The molecule has 0 saturated carbocycles. The van der Waals surface area contributed by atoms with Crippen molar-refractivity contribution in [3.05, 3.63) is 24.3 Å². The van der Waals surface area contributed by atoms with E-state index in [1.807, 2.05) is 6.07 Å². The molecule has 0 aromatic heterocycles. The van der Waals surface area contributed by atoms with Crippen LogP contribution in [0.4, 0.5) is 11.4 Å². The first-order valence-corrected chi connectivity index (χ1v) is 7.86. The summed E-state index contributed by atoms with van der Waals surface area (Å²) in [5, 5.41) is 14.2. The summed E-state index contributed by atoms with van der Waals surface area (Å²) in [6, 6.07) is 9.29. The van der Waals surface area contributed by atoms with Gasteiger partial charge in [-0.25, -0.2) is 0 Å². The summed E-state index contributed by atoms with van der Waals surface area (Å²) in [6.45, 7) is 3.94. The molecule has 0 atom stereocenters. The predicted octanol–water partition coefficient (Wildman–Crippen LogP) is 2.21. The zero-order chi connectivity index (χ0) is 16.7. The number of carbonyl (C=O) groups is 2. The Labute approximate surface area is 136 Å². The maximum absolute atomic E-state index is 12.4. The first-order valence-electron chi connectivity index (χ1n) is 7.86.